The number of carbonyl (C=O) groups excluding carboxylic acids is 1. The number of likely N-dealkylation sites (tertiary alicyclic amines) is 1. The summed E-state index contributed by atoms with van der Waals surface area (Å²) in [7, 11) is 1.74. The predicted molar refractivity (Wildman–Crippen MR) is 90.9 cm³/mol. The molecule has 3 heterocycles. The van der Waals surface area contributed by atoms with Crippen LogP contribution in [0.15, 0.2) is 17.5 Å². The lowest BCUT2D eigenvalue weighted by atomic mass is 9.90. The smallest absolute Gasteiger partial charge is 0.273 e. The SMILES string of the molecule is Cc1nn(C)c(C(=O)N2CCC(C(O)c3cccs3)CC2)c1Cl. The van der Waals surface area contributed by atoms with Crippen molar-refractivity contribution in [3.63, 3.8) is 0 Å². The highest BCUT2D eigenvalue weighted by molar-refractivity contribution is 7.10. The van der Waals surface area contributed by atoms with Gasteiger partial charge in [-0.1, -0.05) is 17.7 Å². The van der Waals surface area contributed by atoms with E-state index in [9.17, 15) is 9.90 Å². The number of halogens is 1. The van der Waals surface area contributed by atoms with E-state index >= 15 is 0 Å². The van der Waals surface area contributed by atoms with Crippen LogP contribution in [0.2, 0.25) is 5.02 Å². The molecule has 3 rings (SSSR count). The third kappa shape index (κ3) is 3.16. The van der Waals surface area contributed by atoms with Gasteiger partial charge >= 0.3 is 0 Å². The molecule has 1 unspecified atom stereocenters. The second-order valence-electron chi connectivity index (χ2n) is 5.96. The third-order valence-corrected chi connectivity index (χ3v) is 5.86. The quantitative estimate of drug-likeness (QED) is 0.922. The van der Waals surface area contributed by atoms with Gasteiger partial charge in [0.25, 0.3) is 5.91 Å². The molecular weight excluding hydrogens is 334 g/mol. The number of thiophene rings is 1. The van der Waals surface area contributed by atoms with E-state index in [1.54, 1.807) is 34.9 Å². The molecule has 5 nitrogen and oxygen atoms in total. The van der Waals surface area contributed by atoms with E-state index < -0.39 is 6.10 Å². The van der Waals surface area contributed by atoms with Gasteiger partial charge in [-0.2, -0.15) is 5.10 Å². The van der Waals surface area contributed by atoms with Gasteiger partial charge in [0.05, 0.1) is 16.8 Å². The fourth-order valence-electron chi connectivity index (χ4n) is 3.12. The van der Waals surface area contributed by atoms with Crippen molar-refractivity contribution in [2.45, 2.75) is 25.9 Å². The number of rotatable bonds is 3. The Morgan fingerprint density at radius 1 is 1.48 bits per heavy atom. The van der Waals surface area contributed by atoms with E-state index in [0.717, 1.165) is 17.7 Å². The summed E-state index contributed by atoms with van der Waals surface area (Å²) >= 11 is 7.78. The molecule has 2 aromatic rings. The van der Waals surface area contributed by atoms with Gasteiger partial charge in [0.15, 0.2) is 0 Å². The van der Waals surface area contributed by atoms with Crippen LogP contribution in [0.1, 0.15) is 40.0 Å². The predicted octanol–water partition coefficient (Wildman–Crippen LogP) is 3.03. The highest BCUT2D eigenvalue weighted by atomic mass is 35.5. The van der Waals surface area contributed by atoms with Crippen LogP contribution in [0.5, 0.6) is 0 Å². The molecule has 7 heteroatoms. The van der Waals surface area contributed by atoms with Crippen LogP contribution in [0, 0.1) is 12.8 Å². The molecule has 0 aromatic carbocycles. The van der Waals surface area contributed by atoms with Crippen molar-refractivity contribution in [2.75, 3.05) is 13.1 Å². The summed E-state index contributed by atoms with van der Waals surface area (Å²) in [4.78, 5) is 15.5. The summed E-state index contributed by atoms with van der Waals surface area (Å²) in [5.41, 5.74) is 1.11. The maximum Gasteiger partial charge on any atom is 0.273 e. The Kier molecular flexibility index (Phi) is 4.75. The second kappa shape index (κ2) is 6.63. The van der Waals surface area contributed by atoms with E-state index in [1.165, 1.54) is 0 Å². The Labute approximate surface area is 144 Å². The number of amides is 1. The lowest BCUT2D eigenvalue weighted by Crippen LogP contribution is -2.40. The standard InChI is InChI=1S/C16H20ClN3O2S/c1-10-13(17)14(19(2)18-10)16(22)20-7-5-11(6-8-20)15(21)12-4-3-9-23-12/h3-4,9,11,15,21H,5-8H2,1-2H3. The molecular formula is C16H20ClN3O2S. The Balaban J connectivity index is 1.66. The lowest BCUT2D eigenvalue weighted by Gasteiger charge is -2.34. The van der Waals surface area contributed by atoms with Crippen LogP contribution in [-0.4, -0.2) is 38.8 Å². The molecule has 0 saturated carbocycles. The molecule has 1 fully saturated rings. The first-order chi connectivity index (χ1) is 11.0. The number of aliphatic hydroxyl groups excluding tert-OH is 1. The fraction of sp³-hybridized carbons (Fsp3) is 0.500. The number of nitrogens with zero attached hydrogens (tertiary/aromatic N) is 3. The zero-order valence-electron chi connectivity index (χ0n) is 13.2. The van der Waals surface area contributed by atoms with E-state index in [1.807, 2.05) is 17.5 Å². The number of hydrogen-bond donors (Lipinski definition) is 1. The second-order valence-corrected chi connectivity index (χ2v) is 7.32. The number of aromatic nitrogens is 2. The number of aliphatic hydroxyl groups is 1. The molecule has 1 atom stereocenters. The first-order valence-electron chi connectivity index (χ1n) is 7.69. The van der Waals surface area contributed by atoms with Crippen molar-refractivity contribution >= 4 is 28.8 Å². The monoisotopic (exact) mass is 353 g/mol. The maximum absolute atomic E-state index is 12.7. The molecule has 23 heavy (non-hydrogen) atoms. The van der Waals surface area contributed by atoms with Gasteiger partial charge in [0.2, 0.25) is 0 Å². The van der Waals surface area contributed by atoms with Crippen molar-refractivity contribution < 1.29 is 9.90 Å². The summed E-state index contributed by atoms with van der Waals surface area (Å²) in [5, 5.41) is 17.0. The molecule has 2 aromatic heterocycles. The first-order valence-corrected chi connectivity index (χ1v) is 8.94. The largest absolute Gasteiger partial charge is 0.387 e. The van der Waals surface area contributed by atoms with Crippen molar-refractivity contribution in [3.05, 3.63) is 38.8 Å². The molecule has 124 valence electrons. The van der Waals surface area contributed by atoms with Crippen LogP contribution < -0.4 is 0 Å². The molecule has 1 N–H and O–H groups in total. The number of piperidine rings is 1. The van der Waals surface area contributed by atoms with E-state index in [-0.39, 0.29) is 11.8 Å². The third-order valence-electron chi connectivity index (χ3n) is 4.46. The van der Waals surface area contributed by atoms with Crippen LogP contribution in [0.3, 0.4) is 0 Å². The van der Waals surface area contributed by atoms with Crippen LogP contribution in [0.4, 0.5) is 0 Å². The number of hydrogen-bond acceptors (Lipinski definition) is 4. The topological polar surface area (TPSA) is 58.4 Å². The molecule has 1 saturated heterocycles. The van der Waals surface area contributed by atoms with Gasteiger partial charge < -0.3 is 10.0 Å². The summed E-state index contributed by atoms with van der Waals surface area (Å²) in [6.07, 6.45) is 1.15. The zero-order chi connectivity index (χ0) is 16.6. The van der Waals surface area contributed by atoms with Gasteiger partial charge in [-0.3, -0.25) is 9.48 Å². The average molecular weight is 354 g/mol. The summed E-state index contributed by atoms with van der Waals surface area (Å²) in [6, 6.07) is 3.92. The Morgan fingerprint density at radius 3 is 2.70 bits per heavy atom. The van der Waals surface area contributed by atoms with Gasteiger partial charge in [-0.15, -0.1) is 11.3 Å². The normalized spacial score (nSPS) is 17.5. The van der Waals surface area contributed by atoms with Gasteiger partial charge in [-0.25, -0.2) is 0 Å². The number of aryl methyl sites for hydroxylation is 2. The number of carbonyl (C=O) groups is 1. The minimum absolute atomic E-state index is 0.0813. The van der Waals surface area contributed by atoms with Gasteiger partial charge in [0.1, 0.15) is 5.69 Å². The van der Waals surface area contributed by atoms with Crippen molar-refractivity contribution in [1.29, 1.82) is 0 Å². The van der Waals surface area contributed by atoms with Gasteiger partial charge in [-0.05, 0) is 37.1 Å². The lowest BCUT2D eigenvalue weighted by molar-refractivity contribution is 0.0467. The first kappa shape index (κ1) is 16.5. The minimum Gasteiger partial charge on any atom is -0.387 e. The van der Waals surface area contributed by atoms with Crippen LogP contribution >= 0.6 is 22.9 Å². The van der Waals surface area contributed by atoms with Crippen molar-refractivity contribution in [3.8, 4) is 0 Å². The molecule has 1 amide bonds. The molecule has 0 aliphatic carbocycles. The van der Waals surface area contributed by atoms with Gasteiger partial charge in [0, 0.05) is 25.0 Å². The molecule has 0 spiro atoms. The van der Waals surface area contributed by atoms with Crippen LogP contribution in [0.25, 0.3) is 0 Å². The van der Waals surface area contributed by atoms with E-state index in [2.05, 4.69) is 5.10 Å². The van der Waals surface area contributed by atoms with Crippen molar-refractivity contribution in [1.82, 2.24) is 14.7 Å². The summed E-state index contributed by atoms with van der Waals surface area (Å²) in [6.45, 7) is 3.06. The van der Waals surface area contributed by atoms with Crippen molar-refractivity contribution in [2.24, 2.45) is 13.0 Å². The fourth-order valence-corrected chi connectivity index (χ4v) is 4.17. The maximum atomic E-state index is 12.7. The minimum atomic E-state index is -0.435. The molecule has 0 bridgehead atoms. The Morgan fingerprint density at radius 2 is 2.17 bits per heavy atom. The molecule has 1 aliphatic heterocycles. The zero-order valence-corrected chi connectivity index (χ0v) is 14.8. The highest BCUT2D eigenvalue weighted by Crippen LogP contribution is 2.33. The molecule has 0 radical (unpaired) electrons. The Bertz CT molecular complexity index is 690. The van der Waals surface area contributed by atoms with E-state index in [0.29, 0.717) is 29.5 Å². The summed E-state index contributed by atoms with van der Waals surface area (Å²) < 4.78 is 1.55. The van der Waals surface area contributed by atoms with E-state index in [4.69, 9.17) is 11.6 Å². The average Bonchev–Trinajstić information content (AvgIpc) is 3.16. The summed E-state index contributed by atoms with van der Waals surface area (Å²) in [5.74, 6) is 0.114. The van der Waals surface area contributed by atoms with Crippen LogP contribution in [-0.2, 0) is 7.05 Å². The molecule has 1 aliphatic rings. The Hall–Kier alpha value is -1.37. The highest BCUT2D eigenvalue weighted by Gasteiger charge is 2.31.